The molecule has 0 fully saturated rings. The second-order valence-corrected chi connectivity index (χ2v) is 3.96. The molecule has 0 spiro atoms. The van der Waals surface area contributed by atoms with Crippen LogP contribution < -0.4 is 4.74 Å². The third-order valence-corrected chi connectivity index (χ3v) is 2.79. The van der Waals surface area contributed by atoms with Crippen LogP contribution in [0.2, 0.25) is 0 Å². The third-order valence-electron chi connectivity index (χ3n) is 1.87. The lowest BCUT2D eigenvalue weighted by Crippen LogP contribution is -1.97. The molecule has 0 atom stereocenters. The molecule has 0 unspecified atom stereocenters. The summed E-state index contributed by atoms with van der Waals surface area (Å²) in [7, 11) is 0. The Morgan fingerprint density at radius 1 is 1.14 bits per heavy atom. The second kappa shape index (κ2) is 7.13. The van der Waals surface area contributed by atoms with Crippen molar-refractivity contribution in [1.29, 1.82) is 0 Å². The number of unbranched alkanes of at least 4 members (excludes halogenated alkanes) is 1. The highest BCUT2D eigenvalue weighted by Crippen LogP contribution is 2.14. The van der Waals surface area contributed by atoms with Crippen molar-refractivity contribution in [2.45, 2.75) is 18.2 Å². The molecule has 1 aromatic carbocycles. The summed E-state index contributed by atoms with van der Waals surface area (Å²) in [4.78, 5) is 0. The quantitative estimate of drug-likeness (QED) is 0.564. The van der Waals surface area contributed by atoms with Crippen LogP contribution in [0.4, 0.5) is 0 Å². The normalized spacial score (nSPS) is 10.1. The van der Waals surface area contributed by atoms with Crippen molar-refractivity contribution in [2.24, 2.45) is 0 Å². The van der Waals surface area contributed by atoms with E-state index in [0.29, 0.717) is 5.88 Å². The summed E-state index contributed by atoms with van der Waals surface area (Å²) < 4.78 is 5.53. The fourth-order valence-electron chi connectivity index (χ4n) is 1.06. The Morgan fingerprint density at radius 3 is 2.43 bits per heavy atom. The van der Waals surface area contributed by atoms with Crippen molar-refractivity contribution in [3.05, 3.63) is 29.8 Å². The van der Waals surface area contributed by atoms with Crippen LogP contribution in [0.15, 0.2) is 24.3 Å². The minimum absolute atomic E-state index is 0.714. The highest BCUT2D eigenvalue weighted by atomic mass is 79.9. The topological polar surface area (TPSA) is 9.23 Å². The molecule has 0 aromatic heterocycles. The van der Waals surface area contributed by atoms with Gasteiger partial charge in [-0.2, -0.15) is 0 Å². The number of alkyl halides is 2. The van der Waals surface area contributed by atoms with E-state index in [4.69, 9.17) is 16.3 Å². The molecule has 1 nitrogen and oxygen atoms in total. The van der Waals surface area contributed by atoms with Gasteiger partial charge >= 0.3 is 0 Å². The van der Waals surface area contributed by atoms with E-state index in [1.807, 2.05) is 12.1 Å². The van der Waals surface area contributed by atoms with Gasteiger partial charge in [0.05, 0.1) is 6.61 Å². The van der Waals surface area contributed by atoms with Gasteiger partial charge in [0, 0.05) is 11.2 Å². The van der Waals surface area contributed by atoms with Crippen molar-refractivity contribution in [2.75, 3.05) is 12.5 Å². The fraction of sp³-hybridized carbons (Fsp3) is 0.455. The molecule has 78 valence electrons. The molecule has 14 heavy (non-hydrogen) atoms. The van der Waals surface area contributed by atoms with Crippen LogP contribution in [-0.2, 0) is 5.33 Å². The van der Waals surface area contributed by atoms with Gasteiger partial charge in [-0.3, -0.25) is 0 Å². The smallest absolute Gasteiger partial charge is 0.119 e. The molecule has 0 amide bonds. The van der Waals surface area contributed by atoms with Gasteiger partial charge in [0.25, 0.3) is 0 Å². The Kier molecular flexibility index (Phi) is 6.04. The zero-order chi connectivity index (χ0) is 10.2. The van der Waals surface area contributed by atoms with E-state index in [1.165, 1.54) is 5.56 Å². The van der Waals surface area contributed by atoms with Crippen molar-refractivity contribution in [3.63, 3.8) is 0 Å². The van der Waals surface area contributed by atoms with Crippen LogP contribution >= 0.6 is 27.5 Å². The predicted molar refractivity (Wildman–Crippen MR) is 64.5 cm³/mol. The summed E-state index contributed by atoms with van der Waals surface area (Å²) in [5.41, 5.74) is 1.26. The maximum atomic E-state index is 5.56. The maximum Gasteiger partial charge on any atom is 0.119 e. The molecule has 0 heterocycles. The first-order valence-corrected chi connectivity index (χ1v) is 6.36. The summed E-state index contributed by atoms with van der Waals surface area (Å²) in [6, 6.07) is 8.12. The summed E-state index contributed by atoms with van der Waals surface area (Å²) in [6.07, 6.45) is 2.03. The standard InChI is InChI=1S/C11H14BrClO/c12-9-10-3-5-11(6-4-10)14-8-2-1-7-13/h3-6H,1-2,7-9H2. The van der Waals surface area contributed by atoms with Crippen molar-refractivity contribution < 1.29 is 4.74 Å². The first-order valence-electron chi connectivity index (χ1n) is 4.70. The number of rotatable bonds is 6. The molecule has 0 N–H and O–H groups in total. The van der Waals surface area contributed by atoms with E-state index in [1.54, 1.807) is 0 Å². The van der Waals surface area contributed by atoms with E-state index in [9.17, 15) is 0 Å². The van der Waals surface area contributed by atoms with E-state index in [2.05, 4.69) is 28.1 Å². The largest absolute Gasteiger partial charge is 0.494 e. The number of hydrogen-bond donors (Lipinski definition) is 0. The van der Waals surface area contributed by atoms with Crippen LogP contribution in [0.1, 0.15) is 18.4 Å². The van der Waals surface area contributed by atoms with E-state index in [0.717, 1.165) is 30.5 Å². The van der Waals surface area contributed by atoms with Crippen LogP contribution in [0, 0.1) is 0 Å². The molecule has 3 heteroatoms. The SMILES string of the molecule is ClCCCCOc1ccc(CBr)cc1. The van der Waals surface area contributed by atoms with Crippen LogP contribution in [0.3, 0.4) is 0 Å². The lowest BCUT2D eigenvalue weighted by molar-refractivity contribution is 0.309. The molecule has 1 aromatic rings. The van der Waals surface area contributed by atoms with Gasteiger partial charge in [-0.25, -0.2) is 0 Å². The minimum Gasteiger partial charge on any atom is -0.494 e. The van der Waals surface area contributed by atoms with Gasteiger partial charge in [-0.05, 0) is 30.5 Å². The van der Waals surface area contributed by atoms with Gasteiger partial charge < -0.3 is 4.74 Å². The summed E-state index contributed by atoms with van der Waals surface area (Å²) >= 11 is 8.96. The number of benzene rings is 1. The van der Waals surface area contributed by atoms with Gasteiger partial charge in [0.15, 0.2) is 0 Å². The van der Waals surface area contributed by atoms with Crippen LogP contribution in [-0.4, -0.2) is 12.5 Å². The average Bonchev–Trinajstić information content (AvgIpc) is 2.25. The number of halogens is 2. The van der Waals surface area contributed by atoms with Gasteiger partial charge in [0.1, 0.15) is 5.75 Å². The van der Waals surface area contributed by atoms with Crippen molar-refractivity contribution >= 4 is 27.5 Å². The monoisotopic (exact) mass is 276 g/mol. The number of hydrogen-bond acceptors (Lipinski definition) is 1. The summed E-state index contributed by atoms with van der Waals surface area (Å²) in [5.74, 6) is 1.65. The molecule has 0 aliphatic carbocycles. The fourth-order valence-corrected chi connectivity index (χ4v) is 1.62. The lowest BCUT2D eigenvalue weighted by Gasteiger charge is -2.05. The first kappa shape index (κ1) is 11.9. The molecule has 0 aliphatic rings. The summed E-state index contributed by atoms with van der Waals surface area (Å²) in [6.45, 7) is 0.750. The van der Waals surface area contributed by atoms with Crippen molar-refractivity contribution in [1.82, 2.24) is 0 Å². The molecular weight excluding hydrogens is 263 g/mol. The molecule has 1 rings (SSSR count). The highest BCUT2D eigenvalue weighted by molar-refractivity contribution is 9.08. The third kappa shape index (κ3) is 4.34. The molecular formula is C11H14BrClO. The zero-order valence-corrected chi connectivity index (χ0v) is 10.4. The zero-order valence-electron chi connectivity index (χ0n) is 8.01. The Bertz CT molecular complexity index is 248. The lowest BCUT2D eigenvalue weighted by atomic mass is 10.2. The Labute approximate surface area is 98.5 Å². The number of ether oxygens (including phenoxy) is 1. The minimum atomic E-state index is 0.714. The van der Waals surface area contributed by atoms with Gasteiger partial charge in [-0.1, -0.05) is 28.1 Å². The highest BCUT2D eigenvalue weighted by Gasteiger charge is 1.94. The maximum absolute atomic E-state index is 5.56. The van der Waals surface area contributed by atoms with Gasteiger partial charge in [-0.15, -0.1) is 11.6 Å². The average molecular weight is 278 g/mol. The Balaban J connectivity index is 2.29. The molecule has 0 radical (unpaired) electrons. The summed E-state index contributed by atoms with van der Waals surface area (Å²) in [5, 5.41) is 0.888. The van der Waals surface area contributed by atoms with E-state index in [-0.39, 0.29) is 0 Å². The van der Waals surface area contributed by atoms with E-state index >= 15 is 0 Å². The molecule has 0 aliphatic heterocycles. The molecule has 0 saturated carbocycles. The molecule has 0 saturated heterocycles. The predicted octanol–water partition coefficient (Wildman–Crippen LogP) is 3.98. The van der Waals surface area contributed by atoms with Gasteiger partial charge in [0.2, 0.25) is 0 Å². The van der Waals surface area contributed by atoms with Crippen LogP contribution in [0.5, 0.6) is 5.75 Å². The van der Waals surface area contributed by atoms with Crippen molar-refractivity contribution in [3.8, 4) is 5.75 Å². The Hall–Kier alpha value is -0.210. The van der Waals surface area contributed by atoms with Crippen LogP contribution in [0.25, 0.3) is 0 Å². The molecule has 0 bridgehead atoms. The second-order valence-electron chi connectivity index (χ2n) is 3.02. The van der Waals surface area contributed by atoms with E-state index < -0.39 is 0 Å². The Morgan fingerprint density at radius 2 is 1.86 bits per heavy atom. The first-order chi connectivity index (χ1) is 6.86.